The molecule has 0 aromatic carbocycles. The van der Waals surface area contributed by atoms with Crippen LogP contribution in [0.4, 0.5) is 11.9 Å². The molecule has 0 spiro atoms. The Hall–Kier alpha value is -1.14. The Bertz CT molecular complexity index is 347. The smallest absolute Gasteiger partial charge is 0.230 e. The largest absolute Gasteiger partial charge is 0.396 e. The highest BCUT2D eigenvalue weighted by atomic mass is 35.5. The summed E-state index contributed by atoms with van der Waals surface area (Å²) in [5.74, 6) is 0.920. The average molecular weight is 246 g/mol. The predicted molar refractivity (Wildman–Crippen MR) is 64.0 cm³/mol. The van der Waals surface area contributed by atoms with Gasteiger partial charge >= 0.3 is 0 Å². The van der Waals surface area contributed by atoms with Gasteiger partial charge in [0.2, 0.25) is 17.2 Å². The predicted octanol–water partition coefficient (Wildman–Crippen LogP) is 0.774. The van der Waals surface area contributed by atoms with Crippen LogP contribution in [0, 0.1) is 0 Å². The minimum Gasteiger partial charge on any atom is -0.396 e. The van der Waals surface area contributed by atoms with E-state index >= 15 is 0 Å². The minimum absolute atomic E-state index is 0.0819. The van der Waals surface area contributed by atoms with Gasteiger partial charge in [-0.15, -0.1) is 0 Å². The van der Waals surface area contributed by atoms with Crippen LogP contribution in [0.25, 0.3) is 0 Å². The first-order valence-corrected chi connectivity index (χ1v) is 5.37. The van der Waals surface area contributed by atoms with Gasteiger partial charge in [0, 0.05) is 26.7 Å². The second-order valence-electron chi connectivity index (χ2n) is 3.68. The number of aromatic nitrogens is 3. The Morgan fingerprint density at radius 3 is 2.62 bits per heavy atom. The SMILES string of the molecule is CC(CCO)Nc1nc(Cl)nc(N(C)C)n1. The zero-order chi connectivity index (χ0) is 12.1. The molecule has 1 rings (SSSR count). The lowest BCUT2D eigenvalue weighted by Gasteiger charge is -2.15. The number of aliphatic hydroxyl groups is 1. The van der Waals surface area contributed by atoms with Gasteiger partial charge in [0.05, 0.1) is 0 Å². The maximum absolute atomic E-state index is 8.78. The van der Waals surface area contributed by atoms with Crippen LogP contribution < -0.4 is 10.2 Å². The van der Waals surface area contributed by atoms with Crippen LogP contribution in [0.15, 0.2) is 0 Å². The van der Waals surface area contributed by atoms with Crippen molar-refractivity contribution in [1.29, 1.82) is 0 Å². The molecule has 1 aromatic rings. The van der Waals surface area contributed by atoms with Crippen molar-refractivity contribution < 1.29 is 5.11 Å². The Labute approximate surface area is 99.7 Å². The molecule has 1 unspecified atom stereocenters. The molecule has 0 amide bonds. The standard InChI is InChI=1S/C9H16ClN5O/c1-6(4-5-16)11-8-12-7(10)13-9(14-8)15(2)3/h6,16H,4-5H2,1-3H3,(H,11,12,13,14). The normalized spacial score (nSPS) is 12.3. The first kappa shape index (κ1) is 12.9. The third-order valence-electron chi connectivity index (χ3n) is 1.93. The molecular formula is C9H16ClN5O. The van der Waals surface area contributed by atoms with Crippen molar-refractivity contribution in [2.45, 2.75) is 19.4 Å². The molecule has 0 radical (unpaired) electrons. The van der Waals surface area contributed by atoms with Crippen molar-refractivity contribution in [2.24, 2.45) is 0 Å². The number of nitrogens with one attached hydrogen (secondary N) is 1. The molecule has 0 aliphatic rings. The van der Waals surface area contributed by atoms with Crippen LogP contribution in [0.1, 0.15) is 13.3 Å². The Balaban J connectivity index is 2.80. The first-order valence-electron chi connectivity index (χ1n) is 4.99. The Kier molecular flexibility index (Phi) is 4.70. The second kappa shape index (κ2) is 5.81. The Morgan fingerprint density at radius 2 is 2.06 bits per heavy atom. The third kappa shape index (κ3) is 3.79. The zero-order valence-electron chi connectivity index (χ0n) is 9.61. The van der Waals surface area contributed by atoms with Crippen molar-refractivity contribution in [2.75, 3.05) is 30.9 Å². The van der Waals surface area contributed by atoms with Crippen molar-refractivity contribution in [3.63, 3.8) is 0 Å². The van der Waals surface area contributed by atoms with Crippen LogP contribution in [0.5, 0.6) is 0 Å². The molecule has 0 fully saturated rings. The molecule has 1 atom stereocenters. The van der Waals surface area contributed by atoms with E-state index in [1.807, 2.05) is 21.0 Å². The number of hydrogen-bond donors (Lipinski definition) is 2. The molecule has 2 N–H and O–H groups in total. The topological polar surface area (TPSA) is 74.2 Å². The quantitative estimate of drug-likeness (QED) is 0.799. The summed E-state index contributed by atoms with van der Waals surface area (Å²) in [6.45, 7) is 2.05. The lowest BCUT2D eigenvalue weighted by atomic mass is 10.2. The average Bonchev–Trinajstić information content (AvgIpc) is 2.16. The van der Waals surface area contributed by atoms with E-state index in [2.05, 4.69) is 20.3 Å². The number of hydrogen-bond acceptors (Lipinski definition) is 6. The van der Waals surface area contributed by atoms with E-state index in [4.69, 9.17) is 16.7 Å². The Morgan fingerprint density at radius 1 is 1.38 bits per heavy atom. The minimum atomic E-state index is 0.0819. The van der Waals surface area contributed by atoms with E-state index in [9.17, 15) is 0 Å². The zero-order valence-corrected chi connectivity index (χ0v) is 10.4. The van der Waals surface area contributed by atoms with Gasteiger partial charge in [-0.05, 0) is 24.9 Å². The van der Waals surface area contributed by atoms with Crippen molar-refractivity contribution in [3.8, 4) is 0 Å². The van der Waals surface area contributed by atoms with Crippen molar-refractivity contribution in [3.05, 3.63) is 5.28 Å². The fourth-order valence-electron chi connectivity index (χ4n) is 1.09. The van der Waals surface area contributed by atoms with E-state index in [0.29, 0.717) is 18.3 Å². The number of aliphatic hydroxyl groups excluding tert-OH is 1. The fraction of sp³-hybridized carbons (Fsp3) is 0.667. The van der Waals surface area contributed by atoms with Gasteiger partial charge in [-0.3, -0.25) is 0 Å². The van der Waals surface area contributed by atoms with Gasteiger partial charge < -0.3 is 15.3 Å². The number of halogens is 1. The third-order valence-corrected chi connectivity index (χ3v) is 2.10. The monoisotopic (exact) mass is 245 g/mol. The molecular weight excluding hydrogens is 230 g/mol. The molecule has 0 saturated carbocycles. The van der Waals surface area contributed by atoms with E-state index in [-0.39, 0.29) is 17.9 Å². The summed E-state index contributed by atoms with van der Waals surface area (Å²) in [5.41, 5.74) is 0. The van der Waals surface area contributed by atoms with Crippen LogP contribution in [0.3, 0.4) is 0 Å². The van der Waals surface area contributed by atoms with Crippen LogP contribution in [-0.2, 0) is 0 Å². The summed E-state index contributed by atoms with van der Waals surface area (Å²) >= 11 is 5.78. The maximum atomic E-state index is 8.78. The number of nitrogens with zero attached hydrogens (tertiary/aromatic N) is 4. The summed E-state index contributed by atoms with van der Waals surface area (Å²) in [6, 6.07) is 0.0819. The lowest BCUT2D eigenvalue weighted by Crippen LogP contribution is -2.20. The van der Waals surface area contributed by atoms with Gasteiger partial charge in [0.1, 0.15) is 0 Å². The highest BCUT2D eigenvalue weighted by Crippen LogP contribution is 2.12. The van der Waals surface area contributed by atoms with Crippen LogP contribution in [-0.4, -0.2) is 46.8 Å². The molecule has 90 valence electrons. The molecule has 7 heteroatoms. The molecule has 0 saturated heterocycles. The van der Waals surface area contributed by atoms with E-state index in [1.165, 1.54) is 0 Å². The molecule has 1 aromatic heterocycles. The van der Waals surface area contributed by atoms with Gasteiger partial charge in [-0.2, -0.15) is 15.0 Å². The van der Waals surface area contributed by atoms with E-state index < -0.39 is 0 Å². The fourth-order valence-corrected chi connectivity index (χ4v) is 1.25. The van der Waals surface area contributed by atoms with Crippen molar-refractivity contribution in [1.82, 2.24) is 15.0 Å². The molecule has 1 heterocycles. The highest BCUT2D eigenvalue weighted by molar-refractivity contribution is 6.28. The lowest BCUT2D eigenvalue weighted by molar-refractivity contribution is 0.282. The van der Waals surface area contributed by atoms with Gasteiger partial charge in [-0.25, -0.2) is 0 Å². The summed E-state index contributed by atoms with van der Waals surface area (Å²) in [4.78, 5) is 13.9. The number of rotatable bonds is 5. The second-order valence-corrected chi connectivity index (χ2v) is 4.02. The summed E-state index contributed by atoms with van der Waals surface area (Å²) in [6.07, 6.45) is 0.626. The molecule has 16 heavy (non-hydrogen) atoms. The summed E-state index contributed by atoms with van der Waals surface area (Å²) < 4.78 is 0. The van der Waals surface area contributed by atoms with Crippen LogP contribution in [0.2, 0.25) is 5.28 Å². The first-order chi connectivity index (χ1) is 7.52. The molecule has 0 bridgehead atoms. The summed E-state index contributed by atoms with van der Waals surface area (Å²) in [5, 5.41) is 12.0. The molecule has 6 nitrogen and oxygen atoms in total. The summed E-state index contributed by atoms with van der Waals surface area (Å²) in [7, 11) is 3.65. The maximum Gasteiger partial charge on any atom is 0.230 e. The van der Waals surface area contributed by atoms with Crippen molar-refractivity contribution >= 4 is 23.5 Å². The van der Waals surface area contributed by atoms with E-state index in [1.54, 1.807) is 4.90 Å². The van der Waals surface area contributed by atoms with E-state index in [0.717, 1.165) is 0 Å². The van der Waals surface area contributed by atoms with Gasteiger partial charge in [-0.1, -0.05) is 0 Å². The van der Waals surface area contributed by atoms with Gasteiger partial charge in [0.25, 0.3) is 0 Å². The van der Waals surface area contributed by atoms with Gasteiger partial charge in [0.15, 0.2) is 0 Å². The molecule has 0 aliphatic carbocycles. The van der Waals surface area contributed by atoms with Crippen LogP contribution >= 0.6 is 11.6 Å². The highest BCUT2D eigenvalue weighted by Gasteiger charge is 2.08. The number of anilines is 2. The molecule has 0 aliphatic heterocycles.